The Morgan fingerprint density at radius 2 is 1.87 bits per heavy atom. The lowest BCUT2D eigenvalue weighted by atomic mass is 10.2. The molecule has 10 nitrogen and oxygen atoms in total. The van der Waals surface area contributed by atoms with E-state index in [4.69, 9.17) is 4.74 Å². The summed E-state index contributed by atoms with van der Waals surface area (Å²) in [6.07, 6.45) is 0. The lowest BCUT2D eigenvalue weighted by Crippen LogP contribution is -2.29. The number of carbonyl (C=O) groups excluding carboxylic acids is 4. The monoisotopic (exact) mass is 432 g/mol. The van der Waals surface area contributed by atoms with Gasteiger partial charge >= 0.3 is 11.9 Å². The Balaban J connectivity index is 2.22. The van der Waals surface area contributed by atoms with Gasteiger partial charge in [-0.15, -0.1) is 0 Å². The highest BCUT2D eigenvalue weighted by molar-refractivity contribution is 7.17. The zero-order valence-electron chi connectivity index (χ0n) is 16.8. The van der Waals surface area contributed by atoms with Crippen molar-refractivity contribution in [3.05, 3.63) is 40.4 Å². The van der Waals surface area contributed by atoms with Crippen molar-refractivity contribution in [3.8, 4) is 0 Å². The fourth-order valence-corrected chi connectivity index (χ4v) is 3.12. The number of esters is 2. The maximum Gasteiger partial charge on any atom is 0.350 e. The fourth-order valence-electron chi connectivity index (χ4n) is 2.27. The smallest absolute Gasteiger partial charge is 0.350 e. The third-order valence-electron chi connectivity index (χ3n) is 3.65. The first-order chi connectivity index (χ1) is 14.3. The van der Waals surface area contributed by atoms with Crippen LogP contribution in [0.15, 0.2) is 29.4 Å². The van der Waals surface area contributed by atoms with Gasteiger partial charge in [-0.2, -0.15) is 5.10 Å². The van der Waals surface area contributed by atoms with E-state index in [-0.39, 0.29) is 27.9 Å². The summed E-state index contributed by atoms with van der Waals surface area (Å²) in [6, 6.07) is 6.33. The summed E-state index contributed by atoms with van der Waals surface area (Å²) in [5, 5.41) is 6.40. The summed E-state index contributed by atoms with van der Waals surface area (Å²) in [4.78, 5) is 52.5. The van der Waals surface area contributed by atoms with Crippen LogP contribution in [0.5, 0.6) is 0 Å². The van der Waals surface area contributed by atoms with Crippen LogP contribution in [0.3, 0.4) is 0 Å². The van der Waals surface area contributed by atoms with Crippen molar-refractivity contribution < 1.29 is 28.7 Å². The van der Waals surface area contributed by atoms with Gasteiger partial charge in [0.2, 0.25) is 0 Å². The van der Waals surface area contributed by atoms with Crippen molar-refractivity contribution in [2.24, 2.45) is 5.10 Å². The summed E-state index contributed by atoms with van der Waals surface area (Å²) in [7, 11) is 1.23. The predicted octanol–water partition coefficient (Wildman–Crippen LogP) is 2.41. The number of nitrogens with one attached hydrogen (secondary N) is 2. The van der Waals surface area contributed by atoms with Crippen LogP contribution in [0.4, 0.5) is 10.8 Å². The van der Waals surface area contributed by atoms with Gasteiger partial charge in [0.1, 0.15) is 4.88 Å². The second-order valence-corrected chi connectivity index (χ2v) is 6.77. The Bertz CT molecular complexity index is 1010. The summed E-state index contributed by atoms with van der Waals surface area (Å²) < 4.78 is 9.62. The molecule has 0 bridgehead atoms. The van der Waals surface area contributed by atoms with Gasteiger partial charge in [0.05, 0.1) is 30.7 Å². The Morgan fingerprint density at radius 3 is 2.50 bits per heavy atom. The molecule has 0 fully saturated rings. The first-order valence-electron chi connectivity index (χ1n) is 8.76. The number of hydrogen-bond donors (Lipinski definition) is 2. The lowest BCUT2D eigenvalue weighted by Gasteiger charge is -2.08. The van der Waals surface area contributed by atoms with Gasteiger partial charge in [-0.1, -0.05) is 23.5 Å². The average molecular weight is 432 g/mol. The predicted molar refractivity (Wildman–Crippen MR) is 111 cm³/mol. The van der Waals surface area contributed by atoms with Crippen LogP contribution in [-0.2, 0) is 19.1 Å². The molecule has 2 aromatic rings. The van der Waals surface area contributed by atoms with Crippen LogP contribution in [0, 0.1) is 6.92 Å². The van der Waals surface area contributed by atoms with Gasteiger partial charge < -0.3 is 9.47 Å². The molecule has 1 amide bonds. The molecule has 0 unspecified atom stereocenters. The summed E-state index contributed by atoms with van der Waals surface area (Å²) in [5.41, 5.74) is 2.92. The number of para-hydroxylation sites is 1. The Labute approximate surface area is 176 Å². The second-order valence-electron chi connectivity index (χ2n) is 5.77. The molecule has 0 saturated carbocycles. The fraction of sp³-hybridized carbons (Fsp3) is 0.263. The van der Waals surface area contributed by atoms with Crippen LogP contribution in [0.1, 0.15) is 39.6 Å². The Hall–Kier alpha value is -3.60. The van der Waals surface area contributed by atoms with Crippen molar-refractivity contribution in [2.45, 2.75) is 20.8 Å². The number of carbonyl (C=O) groups is 4. The molecule has 0 radical (unpaired) electrons. The normalized spacial score (nSPS) is 10.9. The number of nitrogens with zero attached hydrogens (tertiary/aromatic N) is 2. The Morgan fingerprint density at radius 1 is 1.17 bits per heavy atom. The first kappa shape index (κ1) is 22.7. The number of aromatic nitrogens is 1. The topological polar surface area (TPSA) is 136 Å². The van der Waals surface area contributed by atoms with Crippen LogP contribution in [0.25, 0.3) is 0 Å². The van der Waals surface area contributed by atoms with E-state index in [1.807, 2.05) is 0 Å². The Kier molecular flexibility index (Phi) is 7.76. The minimum absolute atomic E-state index is 0.115. The zero-order chi connectivity index (χ0) is 22.3. The van der Waals surface area contributed by atoms with E-state index in [9.17, 15) is 19.2 Å². The molecule has 1 heterocycles. The quantitative estimate of drug-likeness (QED) is 0.281. The molecule has 1 aromatic heterocycles. The number of ether oxygens (including phenoxy) is 2. The summed E-state index contributed by atoms with van der Waals surface area (Å²) in [5.74, 6) is -2.59. The molecule has 158 valence electrons. The van der Waals surface area contributed by atoms with Gasteiger partial charge in [-0.05, 0) is 26.0 Å². The van der Waals surface area contributed by atoms with E-state index >= 15 is 0 Å². The van der Waals surface area contributed by atoms with Crippen LogP contribution in [-0.4, -0.2) is 48.0 Å². The number of hydrogen-bond acceptors (Lipinski definition) is 10. The molecule has 0 spiro atoms. The zero-order valence-corrected chi connectivity index (χ0v) is 17.6. The molecular weight excluding hydrogens is 412 g/mol. The van der Waals surface area contributed by atoms with Gasteiger partial charge in [0.25, 0.3) is 5.91 Å². The molecule has 30 heavy (non-hydrogen) atoms. The number of Topliss-reactive ketones (excluding diaryl/α,β-unsaturated/α-hetero) is 1. The largest absolute Gasteiger partial charge is 0.465 e. The van der Waals surface area contributed by atoms with E-state index in [1.54, 1.807) is 32.0 Å². The van der Waals surface area contributed by atoms with E-state index in [0.717, 1.165) is 11.3 Å². The number of ketones is 1. The average Bonchev–Trinajstić information content (AvgIpc) is 3.07. The van der Waals surface area contributed by atoms with Crippen LogP contribution >= 0.6 is 11.3 Å². The maximum atomic E-state index is 12.5. The maximum absolute atomic E-state index is 12.5. The lowest BCUT2D eigenvalue weighted by molar-refractivity contribution is -0.114. The third-order valence-corrected chi connectivity index (χ3v) is 4.70. The van der Waals surface area contributed by atoms with Crippen molar-refractivity contribution in [3.63, 3.8) is 0 Å². The van der Waals surface area contributed by atoms with Gasteiger partial charge in [0, 0.05) is 6.92 Å². The minimum atomic E-state index is -0.824. The number of methoxy groups -OCH3 is 1. The molecule has 2 rings (SSSR count). The van der Waals surface area contributed by atoms with Crippen molar-refractivity contribution >= 4 is 51.5 Å². The standard InChI is InChI=1S/C19H20N4O6S/c1-5-29-18(27)15-10(2)20-19(30-15)21-16(25)14(11(3)24)23-22-13-9-7-6-8-12(13)17(26)28-4/h6-9,22H,5H2,1-4H3,(H,20,21,25)/b23-14+. The van der Waals surface area contributed by atoms with E-state index in [0.29, 0.717) is 5.69 Å². The highest BCUT2D eigenvalue weighted by Gasteiger charge is 2.22. The highest BCUT2D eigenvalue weighted by Crippen LogP contribution is 2.23. The molecule has 2 N–H and O–H groups in total. The molecule has 0 aliphatic carbocycles. The van der Waals surface area contributed by atoms with Gasteiger partial charge in [-0.3, -0.25) is 20.3 Å². The van der Waals surface area contributed by atoms with Crippen molar-refractivity contribution in [1.82, 2.24) is 4.98 Å². The van der Waals surface area contributed by atoms with E-state index < -0.39 is 29.3 Å². The van der Waals surface area contributed by atoms with E-state index in [1.165, 1.54) is 20.1 Å². The molecule has 11 heteroatoms. The van der Waals surface area contributed by atoms with Gasteiger partial charge in [-0.25, -0.2) is 14.6 Å². The second kappa shape index (κ2) is 10.3. The highest BCUT2D eigenvalue weighted by atomic mass is 32.1. The van der Waals surface area contributed by atoms with Crippen LogP contribution in [0.2, 0.25) is 0 Å². The van der Waals surface area contributed by atoms with Crippen LogP contribution < -0.4 is 10.7 Å². The number of amides is 1. The molecule has 1 aromatic carbocycles. The number of benzene rings is 1. The number of thiazole rings is 1. The summed E-state index contributed by atoms with van der Waals surface area (Å²) >= 11 is 0.923. The number of rotatable bonds is 8. The van der Waals surface area contributed by atoms with Gasteiger partial charge in [0.15, 0.2) is 16.6 Å². The molecule has 0 aliphatic heterocycles. The number of anilines is 2. The summed E-state index contributed by atoms with van der Waals surface area (Å²) in [6.45, 7) is 4.66. The molecular formula is C19H20N4O6S. The SMILES string of the molecule is CCOC(=O)c1sc(NC(=O)/C(=N/Nc2ccccc2C(=O)OC)C(C)=O)nc1C. The first-order valence-corrected chi connectivity index (χ1v) is 9.58. The third kappa shape index (κ3) is 5.47. The molecule has 0 saturated heterocycles. The van der Waals surface area contributed by atoms with E-state index in [2.05, 4.69) is 25.6 Å². The van der Waals surface area contributed by atoms with Crippen molar-refractivity contribution in [2.75, 3.05) is 24.5 Å². The van der Waals surface area contributed by atoms with Crippen molar-refractivity contribution in [1.29, 1.82) is 0 Å². The number of hydrazone groups is 1. The minimum Gasteiger partial charge on any atom is -0.465 e. The molecule has 0 atom stereocenters. The molecule has 0 aliphatic rings. The number of aryl methyl sites for hydroxylation is 1.